The predicted molar refractivity (Wildman–Crippen MR) is 111 cm³/mol. The number of benzene rings is 1. The van der Waals surface area contributed by atoms with Gasteiger partial charge in [-0.15, -0.1) is 0 Å². The van der Waals surface area contributed by atoms with Gasteiger partial charge in [0.2, 0.25) is 5.91 Å². The third-order valence-electron chi connectivity index (χ3n) is 4.78. The van der Waals surface area contributed by atoms with Crippen molar-refractivity contribution >= 4 is 23.4 Å². The summed E-state index contributed by atoms with van der Waals surface area (Å²) >= 11 is 1.27. The Labute approximate surface area is 173 Å². The second-order valence-electron chi connectivity index (χ2n) is 6.61. The lowest BCUT2D eigenvalue weighted by atomic mass is 9.97. The lowest BCUT2D eigenvalue weighted by Gasteiger charge is -2.22. The number of aliphatic hydroxyl groups is 1. The van der Waals surface area contributed by atoms with Gasteiger partial charge in [0, 0.05) is 23.0 Å². The van der Waals surface area contributed by atoms with E-state index in [1.54, 1.807) is 29.9 Å². The molecular weight excluding hydrogens is 394 g/mol. The number of nitrogens with one attached hydrogen (secondary N) is 1. The van der Waals surface area contributed by atoms with Crippen LogP contribution in [0.4, 0.5) is 5.69 Å². The molecule has 156 valence electrons. The fraction of sp³-hybridized carbons (Fsp3) is 0.450. The minimum Gasteiger partial charge on any atom is -0.493 e. The number of thioether (sulfide) groups is 1. The molecule has 0 aliphatic heterocycles. The first kappa shape index (κ1) is 21.2. The molecular formula is C20H25N3O5S. The summed E-state index contributed by atoms with van der Waals surface area (Å²) in [5, 5.41) is 12.7. The number of nitrogens with zero attached hydrogens (tertiary/aromatic N) is 2. The van der Waals surface area contributed by atoms with E-state index in [9.17, 15) is 14.7 Å². The first-order valence-electron chi connectivity index (χ1n) is 9.45. The van der Waals surface area contributed by atoms with Gasteiger partial charge < -0.3 is 19.9 Å². The van der Waals surface area contributed by atoms with Crippen molar-refractivity contribution in [2.75, 3.05) is 31.9 Å². The largest absolute Gasteiger partial charge is 0.493 e. The van der Waals surface area contributed by atoms with Gasteiger partial charge >= 0.3 is 5.69 Å². The van der Waals surface area contributed by atoms with E-state index in [0.29, 0.717) is 22.2 Å². The third-order valence-corrected chi connectivity index (χ3v) is 5.80. The van der Waals surface area contributed by atoms with Gasteiger partial charge in [0.05, 0.1) is 33.1 Å². The standard InChI is InChI=1S/C20H25N3O5S/c1-27-16-8-7-13(11-17(16)28-2)21-18(25)12-29-19-14-5-3-4-6-15(14)23(9-10-24)20(26)22-19/h7-8,11,24H,3-6,9-10,12H2,1-2H3,(H,21,25). The van der Waals surface area contributed by atoms with Gasteiger partial charge in [-0.3, -0.25) is 9.36 Å². The average molecular weight is 420 g/mol. The smallest absolute Gasteiger partial charge is 0.348 e. The molecule has 0 atom stereocenters. The Morgan fingerprint density at radius 3 is 2.72 bits per heavy atom. The number of fused-ring (bicyclic) bond motifs is 1. The van der Waals surface area contributed by atoms with Crippen LogP contribution in [-0.2, 0) is 24.2 Å². The van der Waals surface area contributed by atoms with Crippen LogP contribution in [0.3, 0.4) is 0 Å². The summed E-state index contributed by atoms with van der Waals surface area (Å²) in [6, 6.07) is 5.15. The van der Waals surface area contributed by atoms with Gasteiger partial charge in [-0.1, -0.05) is 11.8 Å². The molecule has 3 rings (SSSR count). The molecule has 0 spiro atoms. The first-order valence-corrected chi connectivity index (χ1v) is 10.4. The van der Waals surface area contributed by atoms with Crippen LogP contribution in [-0.4, -0.2) is 47.1 Å². The highest BCUT2D eigenvalue weighted by molar-refractivity contribution is 8.00. The van der Waals surface area contributed by atoms with Crippen LogP contribution in [0, 0.1) is 0 Å². The number of carbonyl (C=O) groups excluding carboxylic acids is 1. The second-order valence-corrected chi connectivity index (χ2v) is 7.58. The van der Waals surface area contributed by atoms with Crippen LogP contribution in [0.2, 0.25) is 0 Å². The molecule has 1 aromatic heterocycles. The van der Waals surface area contributed by atoms with Crippen molar-refractivity contribution in [3.05, 3.63) is 39.9 Å². The molecule has 8 nitrogen and oxygen atoms in total. The second kappa shape index (κ2) is 9.80. The highest BCUT2D eigenvalue weighted by Gasteiger charge is 2.21. The Hall–Kier alpha value is -2.52. The maximum absolute atomic E-state index is 12.4. The molecule has 2 N–H and O–H groups in total. The Balaban J connectivity index is 1.72. The Bertz CT molecular complexity index is 944. The summed E-state index contributed by atoms with van der Waals surface area (Å²) in [5.41, 5.74) is 2.19. The number of hydrogen-bond donors (Lipinski definition) is 2. The van der Waals surface area contributed by atoms with Crippen LogP contribution in [0.5, 0.6) is 11.5 Å². The van der Waals surface area contributed by atoms with Gasteiger partial charge in [0.15, 0.2) is 11.5 Å². The number of hydrogen-bond acceptors (Lipinski definition) is 7. The molecule has 1 aliphatic rings. The van der Waals surface area contributed by atoms with Gasteiger partial charge in [-0.05, 0) is 37.8 Å². The zero-order valence-electron chi connectivity index (χ0n) is 16.6. The highest BCUT2D eigenvalue weighted by atomic mass is 32.2. The minimum atomic E-state index is -0.373. The molecule has 0 saturated heterocycles. The first-order chi connectivity index (χ1) is 14.1. The maximum atomic E-state index is 12.4. The molecule has 1 heterocycles. The van der Waals surface area contributed by atoms with Crippen molar-refractivity contribution in [1.82, 2.24) is 9.55 Å². The lowest BCUT2D eigenvalue weighted by Crippen LogP contribution is -2.31. The molecule has 29 heavy (non-hydrogen) atoms. The molecule has 1 aliphatic carbocycles. The topological polar surface area (TPSA) is 103 Å². The highest BCUT2D eigenvalue weighted by Crippen LogP contribution is 2.31. The van der Waals surface area contributed by atoms with E-state index in [2.05, 4.69) is 10.3 Å². The molecule has 9 heteroatoms. The van der Waals surface area contributed by atoms with Crippen LogP contribution in [0.1, 0.15) is 24.1 Å². The van der Waals surface area contributed by atoms with Gasteiger partial charge in [-0.2, -0.15) is 4.98 Å². The average Bonchev–Trinajstić information content (AvgIpc) is 2.74. The minimum absolute atomic E-state index is 0.103. The van der Waals surface area contributed by atoms with Gasteiger partial charge in [-0.25, -0.2) is 4.79 Å². The molecule has 0 saturated carbocycles. The quantitative estimate of drug-likeness (QED) is 0.497. The fourth-order valence-corrected chi connectivity index (χ4v) is 4.32. The zero-order valence-corrected chi connectivity index (χ0v) is 17.4. The maximum Gasteiger partial charge on any atom is 0.348 e. The predicted octanol–water partition coefficient (Wildman–Crippen LogP) is 1.86. The normalized spacial score (nSPS) is 12.9. The number of anilines is 1. The Morgan fingerprint density at radius 2 is 2.00 bits per heavy atom. The van der Waals surface area contributed by atoms with Crippen molar-refractivity contribution in [1.29, 1.82) is 0 Å². The van der Waals surface area contributed by atoms with Crippen LogP contribution < -0.4 is 20.5 Å². The van der Waals surface area contributed by atoms with Crippen molar-refractivity contribution in [3.8, 4) is 11.5 Å². The summed E-state index contributed by atoms with van der Waals surface area (Å²) in [6.45, 7) is 0.146. The number of methoxy groups -OCH3 is 2. The van der Waals surface area contributed by atoms with E-state index in [4.69, 9.17) is 9.47 Å². The van der Waals surface area contributed by atoms with Crippen LogP contribution in [0.25, 0.3) is 0 Å². The van der Waals surface area contributed by atoms with Gasteiger partial charge in [0.25, 0.3) is 0 Å². The molecule has 1 amide bonds. The van der Waals surface area contributed by atoms with Crippen LogP contribution >= 0.6 is 11.8 Å². The van der Waals surface area contributed by atoms with Crippen molar-refractivity contribution < 1.29 is 19.4 Å². The van der Waals surface area contributed by atoms with E-state index >= 15 is 0 Å². The molecule has 0 bridgehead atoms. The van der Waals surface area contributed by atoms with E-state index in [1.165, 1.54) is 18.9 Å². The molecule has 0 radical (unpaired) electrons. The number of ether oxygens (including phenoxy) is 2. The summed E-state index contributed by atoms with van der Waals surface area (Å²) in [4.78, 5) is 29.0. The summed E-state index contributed by atoms with van der Waals surface area (Å²) in [6.07, 6.45) is 3.65. The Morgan fingerprint density at radius 1 is 1.24 bits per heavy atom. The Kier molecular flexibility index (Phi) is 7.16. The SMILES string of the molecule is COc1ccc(NC(=O)CSc2nc(=O)n(CCO)c3c2CCCC3)cc1OC. The third kappa shape index (κ3) is 4.91. The molecule has 1 aromatic carbocycles. The van der Waals surface area contributed by atoms with E-state index < -0.39 is 0 Å². The molecule has 0 unspecified atom stereocenters. The number of aliphatic hydroxyl groups excluding tert-OH is 1. The van der Waals surface area contributed by atoms with Crippen molar-refractivity contribution in [3.63, 3.8) is 0 Å². The summed E-state index contributed by atoms with van der Waals surface area (Å²) in [5.74, 6) is 1.05. The van der Waals surface area contributed by atoms with E-state index in [0.717, 1.165) is 36.9 Å². The van der Waals surface area contributed by atoms with E-state index in [-0.39, 0.29) is 30.5 Å². The number of amides is 1. The molecule has 0 fully saturated rings. The van der Waals surface area contributed by atoms with Crippen molar-refractivity contribution in [2.24, 2.45) is 0 Å². The number of carbonyl (C=O) groups is 1. The van der Waals surface area contributed by atoms with Gasteiger partial charge in [0.1, 0.15) is 5.03 Å². The number of aromatic nitrogens is 2. The molecule has 2 aromatic rings. The summed E-state index contributed by atoms with van der Waals surface area (Å²) < 4.78 is 12.0. The van der Waals surface area contributed by atoms with Crippen LogP contribution in [0.15, 0.2) is 28.0 Å². The number of rotatable bonds is 8. The fourth-order valence-electron chi connectivity index (χ4n) is 3.44. The summed E-state index contributed by atoms with van der Waals surface area (Å²) in [7, 11) is 3.09. The van der Waals surface area contributed by atoms with Crippen molar-refractivity contribution in [2.45, 2.75) is 37.3 Å². The van der Waals surface area contributed by atoms with E-state index in [1.807, 2.05) is 0 Å². The monoisotopic (exact) mass is 419 g/mol. The zero-order chi connectivity index (χ0) is 20.8. The lowest BCUT2D eigenvalue weighted by molar-refractivity contribution is -0.113.